The lowest BCUT2D eigenvalue weighted by molar-refractivity contribution is -0.142. The highest BCUT2D eigenvalue weighted by atomic mass is 32.1. The van der Waals surface area contributed by atoms with Crippen molar-refractivity contribution in [3.05, 3.63) is 11.1 Å². The van der Waals surface area contributed by atoms with E-state index in [1.54, 1.807) is 19.2 Å². The van der Waals surface area contributed by atoms with Gasteiger partial charge in [-0.05, 0) is 34.4 Å². The number of aliphatic carboxylic acids is 1. The van der Waals surface area contributed by atoms with Crippen LogP contribution in [0.1, 0.15) is 26.0 Å². The second-order valence-electron chi connectivity index (χ2n) is 6.40. The number of carboxylic acid groups (broad SMARTS) is 1. The van der Waals surface area contributed by atoms with E-state index in [4.69, 9.17) is 0 Å². The molecular weight excluding hydrogens is 290 g/mol. The molecule has 0 bridgehead atoms. The molecule has 2 unspecified atom stereocenters. The number of aliphatic hydroxyl groups excluding tert-OH is 1. The fraction of sp³-hybridized carbons (Fsp3) is 0.714. The number of hydrogen-bond donors (Lipinski definition) is 2. The SMILES string of the molecule is CN(C)CC1CC(O)CN1c1nc(C(C)(C)C(=O)O)cs1. The van der Waals surface area contributed by atoms with E-state index in [-0.39, 0.29) is 12.1 Å². The van der Waals surface area contributed by atoms with Gasteiger partial charge < -0.3 is 20.0 Å². The lowest BCUT2D eigenvalue weighted by Gasteiger charge is -2.26. The molecule has 0 spiro atoms. The molecule has 2 atom stereocenters. The zero-order valence-corrected chi connectivity index (χ0v) is 13.7. The monoisotopic (exact) mass is 313 g/mol. The van der Waals surface area contributed by atoms with Gasteiger partial charge in [-0.3, -0.25) is 4.79 Å². The highest BCUT2D eigenvalue weighted by Crippen LogP contribution is 2.33. The van der Waals surface area contributed by atoms with Crippen molar-refractivity contribution in [1.82, 2.24) is 9.88 Å². The Hall–Kier alpha value is -1.18. The minimum absolute atomic E-state index is 0.210. The normalized spacial score (nSPS) is 23.0. The number of aliphatic hydroxyl groups is 1. The molecule has 2 heterocycles. The third-order valence-electron chi connectivity index (χ3n) is 3.88. The number of carbonyl (C=O) groups is 1. The highest BCUT2D eigenvalue weighted by molar-refractivity contribution is 7.13. The van der Waals surface area contributed by atoms with Crippen molar-refractivity contribution in [2.75, 3.05) is 32.1 Å². The first-order valence-electron chi connectivity index (χ1n) is 7.00. The molecule has 1 saturated heterocycles. The van der Waals surface area contributed by atoms with Crippen LogP contribution in [0, 0.1) is 0 Å². The van der Waals surface area contributed by atoms with Gasteiger partial charge in [-0.1, -0.05) is 0 Å². The van der Waals surface area contributed by atoms with Crippen LogP contribution in [0.15, 0.2) is 5.38 Å². The van der Waals surface area contributed by atoms with E-state index in [2.05, 4.69) is 14.8 Å². The van der Waals surface area contributed by atoms with Gasteiger partial charge in [-0.25, -0.2) is 4.98 Å². The maximum absolute atomic E-state index is 11.3. The first-order chi connectivity index (χ1) is 9.71. The molecule has 1 aromatic heterocycles. The molecule has 1 aromatic rings. The van der Waals surface area contributed by atoms with Gasteiger partial charge in [0.15, 0.2) is 5.13 Å². The van der Waals surface area contributed by atoms with Crippen molar-refractivity contribution in [3.8, 4) is 0 Å². The number of hydrogen-bond acceptors (Lipinski definition) is 6. The Morgan fingerprint density at radius 1 is 1.57 bits per heavy atom. The van der Waals surface area contributed by atoms with Gasteiger partial charge in [-0.2, -0.15) is 0 Å². The zero-order valence-electron chi connectivity index (χ0n) is 12.9. The molecule has 7 heteroatoms. The molecule has 0 aromatic carbocycles. The van der Waals surface area contributed by atoms with Gasteiger partial charge in [0.2, 0.25) is 0 Å². The van der Waals surface area contributed by atoms with Crippen molar-refractivity contribution in [1.29, 1.82) is 0 Å². The predicted octanol–water partition coefficient (Wildman–Crippen LogP) is 1.01. The second kappa shape index (κ2) is 5.90. The smallest absolute Gasteiger partial charge is 0.315 e. The Balaban J connectivity index is 2.22. The van der Waals surface area contributed by atoms with Crippen molar-refractivity contribution in [3.63, 3.8) is 0 Å². The lowest BCUT2D eigenvalue weighted by atomic mass is 9.90. The van der Waals surface area contributed by atoms with Crippen molar-refractivity contribution in [2.24, 2.45) is 0 Å². The van der Waals surface area contributed by atoms with E-state index in [0.29, 0.717) is 12.2 Å². The van der Waals surface area contributed by atoms with Crippen LogP contribution in [-0.2, 0) is 10.2 Å². The standard InChI is InChI=1S/C14H23N3O3S/c1-14(2,12(19)20)11-8-21-13(15-11)17-7-10(18)5-9(17)6-16(3)4/h8-10,18H,5-7H2,1-4H3,(H,19,20). The van der Waals surface area contributed by atoms with E-state index in [1.807, 2.05) is 14.1 Å². The van der Waals surface area contributed by atoms with Crippen molar-refractivity contribution < 1.29 is 15.0 Å². The number of likely N-dealkylation sites (N-methyl/N-ethyl adjacent to an activating group) is 1. The Morgan fingerprint density at radius 2 is 2.24 bits per heavy atom. The van der Waals surface area contributed by atoms with Crippen LogP contribution in [0.25, 0.3) is 0 Å². The number of β-amino-alcohol motifs (C(OH)–C–C–N with tert-alkyl or cyclic N) is 1. The van der Waals surface area contributed by atoms with Crippen LogP contribution in [0.3, 0.4) is 0 Å². The molecule has 118 valence electrons. The van der Waals surface area contributed by atoms with Crippen LogP contribution >= 0.6 is 11.3 Å². The third kappa shape index (κ3) is 3.36. The molecule has 2 rings (SSSR count). The van der Waals surface area contributed by atoms with Crippen LogP contribution < -0.4 is 4.90 Å². The van der Waals surface area contributed by atoms with Gasteiger partial charge in [0.1, 0.15) is 5.41 Å². The number of anilines is 1. The molecule has 0 aliphatic carbocycles. The summed E-state index contributed by atoms with van der Waals surface area (Å²) in [5.41, 5.74) is -0.426. The van der Waals surface area contributed by atoms with Crippen LogP contribution in [0.5, 0.6) is 0 Å². The van der Waals surface area contributed by atoms with Crippen LogP contribution in [0.2, 0.25) is 0 Å². The van der Waals surface area contributed by atoms with Gasteiger partial charge in [0, 0.05) is 24.5 Å². The Bertz CT molecular complexity index is 515. The Labute approximate surface area is 129 Å². The quantitative estimate of drug-likeness (QED) is 0.845. The first kappa shape index (κ1) is 16.2. The van der Waals surface area contributed by atoms with Gasteiger partial charge in [-0.15, -0.1) is 11.3 Å². The van der Waals surface area contributed by atoms with Gasteiger partial charge in [0.25, 0.3) is 0 Å². The Kier molecular flexibility index (Phi) is 4.55. The van der Waals surface area contributed by atoms with Crippen LogP contribution in [0.4, 0.5) is 5.13 Å². The summed E-state index contributed by atoms with van der Waals surface area (Å²) in [7, 11) is 4.01. The molecule has 6 nitrogen and oxygen atoms in total. The largest absolute Gasteiger partial charge is 0.481 e. The second-order valence-corrected chi connectivity index (χ2v) is 7.24. The molecule has 0 saturated carbocycles. The lowest BCUT2D eigenvalue weighted by Crippen LogP contribution is -2.37. The third-order valence-corrected chi connectivity index (χ3v) is 4.76. The molecule has 1 aliphatic heterocycles. The summed E-state index contributed by atoms with van der Waals surface area (Å²) in [5, 5.41) is 21.8. The molecule has 1 fully saturated rings. The molecule has 0 amide bonds. The number of carboxylic acids is 1. The maximum atomic E-state index is 11.3. The number of nitrogens with zero attached hydrogens (tertiary/aromatic N) is 3. The summed E-state index contributed by atoms with van der Waals surface area (Å²) < 4.78 is 0. The van der Waals surface area contributed by atoms with Crippen molar-refractivity contribution >= 4 is 22.4 Å². The predicted molar refractivity (Wildman–Crippen MR) is 83.1 cm³/mol. The molecular formula is C14H23N3O3S. The zero-order chi connectivity index (χ0) is 15.8. The van der Waals surface area contributed by atoms with E-state index >= 15 is 0 Å². The van der Waals surface area contributed by atoms with E-state index in [9.17, 15) is 15.0 Å². The fourth-order valence-electron chi connectivity index (χ4n) is 2.51. The number of thiazole rings is 1. The summed E-state index contributed by atoms with van der Waals surface area (Å²) in [5.74, 6) is -0.884. The van der Waals surface area contributed by atoms with Gasteiger partial charge >= 0.3 is 5.97 Å². The average Bonchev–Trinajstić information content (AvgIpc) is 2.95. The minimum atomic E-state index is -0.996. The summed E-state index contributed by atoms with van der Waals surface area (Å²) in [6.07, 6.45) is 0.366. The topological polar surface area (TPSA) is 76.9 Å². The van der Waals surface area contributed by atoms with Gasteiger partial charge in [0.05, 0.1) is 11.8 Å². The maximum Gasteiger partial charge on any atom is 0.315 e. The summed E-state index contributed by atoms with van der Waals surface area (Å²) in [4.78, 5) is 20.0. The molecule has 0 radical (unpaired) electrons. The Morgan fingerprint density at radius 3 is 2.81 bits per heavy atom. The van der Waals surface area contributed by atoms with E-state index in [1.165, 1.54) is 11.3 Å². The van der Waals surface area contributed by atoms with E-state index < -0.39 is 11.4 Å². The first-order valence-corrected chi connectivity index (χ1v) is 7.88. The number of aromatic nitrogens is 1. The van der Waals surface area contributed by atoms with E-state index in [0.717, 1.165) is 18.1 Å². The average molecular weight is 313 g/mol. The highest BCUT2D eigenvalue weighted by Gasteiger charge is 2.36. The summed E-state index contributed by atoms with van der Waals surface area (Å²) in [6.45, 7) is 4.71. The fourth-order valence-corrected chi connectivity index (χ4v) is 3.59. The summed E-state index contributed by atoms with van der Waals surface area (Å²) in [6, 6.07) is 0.210. The minimum Gasteiger partial charge on any atom is -0.481 e. The summed E-state index contributed by atoms with van der Waals surface area (Å²) >= 11 is 1.45. The molecule has 21 heavy (non-hydrogen) atoms. The van der Waals surface area contributed by atoms with Crippen molar-refractivity contribution in [2.45, 2.75) is 37.8 Å². The molecule has 2 N–H and O–H groups in total. The van der Waals surface area contributed by atoms with Crippen LogP contribution in [-0.4, -0.2) is 65.4 Å². The molecule has 1 aliphatic rings. The number of rotatable bonds is 5.